The minimum atomic E-state index is -0.631. The molecule has 14 heteroatoms. The third-order valence-electron chi connectivity index (χ3n) is 4.91. The number of hydrazone groups is 1. The second kappa shape index (κ2) is 10.3. The number of hydrogen-bond donors (Lipinski definition) is 3. The Morgan fingerprint density at radius 3 is 2.58 bits per heavy atom. The van der Waals surface area contributed by atoms with Crippen LogP contribution in [0.1, 0.15) is 23.0 Å². The highest BCUT2D eigenvalue weighted by molar-refractivity contribution is 6.02. The van der Waals surface area contributed by atoms with Crippen LogP contribution in [0.4, 0.5) is 5.82 Å². The van der Waals surface area contributed by atoms with E-state index in [0.717, 1.165) is 4.68 Å². The van der Waals surface area contributed by atoms with Crippen LogP contribution in [0.25, 0.3) is 17.1 Å². The van der Waals surface area contributed by atoms with E-state index in [2.05, 4.69) is 35.8 Å². The SMILES string of the molecule is COc1cc(/C(C)=N/NC(=O)c2c(-c3ccccc3)nnn2-c2nonc2N)ccc1OCC(N)=O. The minimum absolute atomic E-state index is 0.00631. The highest BCUT2D eigenvalue weighted by Gasteiger charge is 2.26. The predicted molar refractivity (Wildman–Crippen MR) is 126 cm³/mol. The lowest BCUT2D eigenvalue weighted by molar-refractivity contribution is -0.119. The molecule has 0 saturated carbocycles. The van der Waals surface area contributed by atoms with E-state index in [1.807, 2.05) is 6.07 Å². The quantitative estimate of drug-likeness (QED) is 0.223. The largest absolute Gasteiger partial charge is 0.493 e. The van der Waals surface area contributed by atoms with Crippen LogP contribution in [0.15, 0.2) is 58.3 Å². The number of rotatable bonds is 9. The van der Waals surface area contributed by atoms with E-state index < -0.39 is 11.8 Å². The van der Waals surface area contributed by atoms with E-state index in [1.54, 1.807) is 49.4 Å². The summed E-state index contributed by atoms with van der Waals surface area (Å²) in [6, 6.07) is 13.9. The van der Waals surface area contributed by atoms with Crippen LogP contribution < -0.4 is 26.4 Å². The Labute approximate surface area is 203 Å². The maximum absolute atomic E-state index is 13.3. The normalized spacial score (nSPS) is 11.2. The molecule has 0 fully saturated rings. The van der Waals surface area contributed by atoms with Crippen molar-refractivity contribution in [3.8, 4) is 28.6 Å². The lowest BCUT2D eigenvalue weighted by Gasteiger charge is -2.11. The molecular weight excluding hydrogens is 470 g/mol. The van der Waals surface area contributed by atoms with E-state index in [0.29, 0.717) is 28.3 Å². The van der Waals surface area contributed by atoms with Crippen molar-refractivity contribution in [2.75, 3.05) is 19.5 Å². The van der Waals surface area contributed by atoms with Gasteiger partial charge in [-0.2, -0.15) is 9.78 Å². The molecule has 4 rings (SSSR count). The van der Waals surface area contributed by atoms with E-state index in [1.165, 1.54) is 7.11 Å². The van der Waals surface area contributed by atoms with E-state index in [4.69, 9.17) is 20.9 Å². The van der Waals surface area contributed by atoms with Gasteiger partial charge >= 0.3 is 0 Å². The summed E-state index contributed by atoms with van der Waals surface area (Å²) >= 11 is 0. The maximum Gasteiger partial charge on any atom is 0.292 e. The average molecular weight is 491 g/mol. The number of primary amides is 1. The fourth-order valence-corrected chi connectivity index (χ4v) is 3.18. The number of methoxy groups -OCH3 is 1. The summed E-state index contributed by atoms with van der Waals surface area (Å²) in [5.74, 6) is -0.622. The lowest BCUT2D eigenvalue weighted by atomic mass is 10.1. The molecule has 14 nitrogen and oxygen atoms in total. The second-order valence-corrected chi connectivity index (χ2v) is 7.30. The first-order valence-electron chi connectivity index (χ1n) is 10.4. The molecule has 2 heterocycles. The molecule has 0 aliphatic rings. The van der Waals surface area contributed by atoms with Crippen LogP contribution in [-0.2, 0) is 4.79 Å². The number of nitrogens with one attached hydrogen (secondary N) is 1. The van der Waals surface area contributed by atoms with Crippen molar-refractivity contribution in [1.29, 1.82) is 0 Å². The lowest BCUT2D eigenvalue weighted by Crippen LogP contribution is -2.24. The van der Waals surface area contributed by atoms with Gasteiger partial charge in [0, 0.05) is 11.1 Å². The summed E-state index contributed by atoms with van der Waals surface area (Å²) < 4.78 is 16.4. The molecule has 0 spiro atoms. The van der Waals surface area contributed by atoms with E-state index >= 15 is 0 Å². The van der Waals surface area contributed by atoms with Crippen LogP contribution in [0, 0.1) is 0 Å². The van der Waals surface area contributed by atoms with E-state index in [-0.39, 0.29) is 29.6 Å². The molecule has 4 aromatic rings. The number of carbonyl (C=O) groups excluding carboxylic acids is 2. The molecule has 2 amide bonds. The predicted octanol–water partition coefficient (Wildman–Crippen LogP) is 0.926. The van der Waals surface area contributed by atoms with Gasteiger partial charge in [-0.15, -0.1) is 5.10 Å². The van der Waals surface area contributed by atoms with Gasteiger partial charge in [0.25, 0.3) is 11.8 Å². The first kappa shape index (κ1) is 23.9. The molecule has 0 aliphatic heterocycles. The van der Waals surface area contributed by atoms with Crippen LogP contribution in [0.3, 0.4) is 0 Å². The van der Waals surface area contributed by atoms with Gasteiger partial charge in [-0.25, -0.2) is 10.1 Å². The van der Waals surface area contributed by atoms with Crippen LogP contribution in [0.5, 0.6) is 11.5 Å². The number of benzene rings is 2. The second-order valence-electron chi connectivity index (χ2n) is 7.30. The first-order valence-corrected chi connectivity index (χ1v) is 10.4. The molecule has 2 aromatic carbocycles. The summed E-state index contributed by atoms with van der Waals surface area (Å²) in [5, 5.41) is 19.6. The van der Waals surface area contributed by atoms with Gasteiger partial charge in [-0.05, 0) is 35.4 Å². The zero-order valence-corrected chi connectivity index (χ0v) is 19.2. The number of aromatic nitrogens is 5. The van der Waals surface area contributed by atoms with Crippen molar-refractivity contribution in [2.45, 2.75) is 6.92 Å². The standard InChI is InChI=1S/C22H21N9O5/c1-12(14-8-9-15(16(10-14)34-2)35-11-17(23)32)25-27-22(33)19-18(13-6-4-3-5-7-13)26-30-31(19)21-20(24)28-36-29-21/h3-10H,11H2,1-2H3,(H2,23,32)(H2,24,28)(H,27,33)/b25-12+. The van der Waals surface area contributed by atoms with Crippen molar-refractivity contribution in [2.24, 2.45) is 10.8 Å². The van der Waals surface area contributed by atoms with Crippen molar-refractivity contribution >= 4 is 23.3 Å². The van der Waals surface area contributed by atoms with E-state index in [9.17, 15) is 9.59 Å². The highest BCUT2D eigenvalue weighted by Crippen LogP contribution is 2.28. The fourth-order valence-electron chi connectivity index (χ4n) is 3.18. The number of nitrogens with two attached hydrogens (primary N) is 2. The summed E-state index contributed by atoms with van der Waals surface area (Å²) in [6.07, 6.45) is 0. The maximum atomic E-state index is 13.3. The molecule has 0 bridgehead atoms. The van der Waals surface area contributed by atoms with Gasteiger partial charge in [0.2, 0.25) is 11.6 Å². The molecule has 0 unspecified atom stereocenters. The van der Waals surface area contributed by atoms with Crippen molar-refractivity contribution in [1.82, 2.24) is 30.7 Å². The Morgan fingerprint density at radius 1 is 1.14 bits per heavy atom. The van der Waals surface area contributed by atoms with Gasteiger partial charge in [0.1, 0.15) is 5.69 Å². The Balaban J connectivity index is 1.63. The number of ether oxygens (including phenoxy) is 2. The molecule has 0 saturated heterocycles. The molecular formula is C22H21N9O5. The molecule has 36 heavy (non-hydrogen) atoms. The monoisotopic (exact) mass is 491 g/mol. The zero-order chi connectivity index (χ0) is 25.7. The van der Waals surface area contributed by atoms with Crippen LogP contribution in [0.2, 0.25) is 0 Å². The number of anilines is 1. The van der Waals surface area contributed by atoms with Gasteiger partial charge < -0.3 is 20.9 Å². The summed E-state index contributed by atoms with van der Waals surface area (Å²) in [5.41, 5.74) is 15.4. The summed E-state index contributed by atoms with van der Waals surface area (Å²) in [6.45, 7) is 1.39. The number of nitrogen functional groups attached to an aromatic ring is 1. The number of amides is 2. The topological polar surface area (TPSA) is 199 Å². The molecule has 184 valence electrons. The Morgan fingerprint density at radius 2 is 1.92 bits per heavy atom. The molecule has 2 aromatic heterocycles. The van der Waals surface area contributed by atoms with Gasteiger partial charge in [-0.1, -0.05) is 35.5 Å². The van der Waals surface area contributed by atoms with Gasteiger partial charge in [0.15, 0.2) is 23.8 Å². The molecule has 5 N–H and O–H groups in total. The fraction of sp³-hybridized carbons (Fsp3) is 0.136. The molecule has 0 radical (unpaired) electrons. The number of hydrogen-bond acceptors (Lipinski definition) is 11. The van der Waals surface area contributed by atoms with Crippen molar-refractivity contribution < 1.29 is 23.7 Å². The van der Waals surface area contributed by atoms with Crippen LogP contribution >= 0.6 is 0 Å². The highest BCUT2D eigenvalue weighted by atomic mass is 16.6. The van der Waals surface area contributed by atoms with Crippen LogP contribution in [-0.4, -0.2) is 56.5 Å². The van der Waals surface area contributed by atoms with Gasteiger partial charge in [-0.3, -0.25) is 9.59 Å². The van der Waals surface area contributed by atoms with Crippen molar-refractivity contribution in [3.05, 3.63) is 59.8 Å². The molecule has 0 atom stereocenters. The minimum Gasteiger partial charge on any atom is -0.493 e. The molecule has 0 aliphatic carbocycles. The first-order chi connectivity index (χ1) is 17.4. The Kier molecular flexibility index (Phi) is 6.85. The zero-order valence-electron chi connectivity index (χ0n) is 19.2. The summed E-state index contributed by atoms with van der Waals surface area (Å²) in [7, 11) is 1.45. The average Bonchev–Trinajstić information content (AvgIpc) is 3.52. The Bertz CT molecular complexity index is 1430. The van der Waals surface area contributed by atoms with Crippen molar-refractivity contribution in [3.63, 3.8) is 0 Å². The number of nitrogens with zero attached hydrogens (tertiary/aromatic N) is 6. The Hall–Kier alpha value is -5.27. The van der Waals surface area contributed by atoms with Gasteiger partial charge in [0.05, 0.1) is 12.8 Å². The third kappa shape index (κ3) is 4.96. The summed E-state index contributed by atoms with van der Waals surface area (Å²) in [4.78, 5) is 24.3. The third-order valence-corrected chi connectivity index (χ3v) is 4.91. The smallest absolute Gasteiger partial charge is 0.292 e. The number of carbonyl (C=O) groups is 2.